The number of amides is 2. The van der Waals surface area contributed by atoms with Gasteiger partial charge in [0.15, 0.2) is 6.04 Å². The third kappa shape index (κ3) is 4.42. The molecule has 6 nitrogen and oxygen atoms in total. The van der Waals surface area contributed by atoms with E-state index in [1.807, 2.05) is 23.6 Å². The number of nitrogens with zero attached hydrogens (tertiary/aromatic N) is 1. The van der Waals surface area contributed by atoms with E-state index >= 15 is 0 Å². The number of ether oxygens (including phenoxy) is 2. The number of benzene rings is 1. The number of rotatable bonds is 6. The second kappa shape index (κ2) is 8.90. The molecular weight excluding hydrogens is 364 g/mol. The topological polar surface area (TPSA) is 67.9 Å². The number of nitrogens with one attached hydrogen (secondary N) is 1. The standard InChI is InChI=1S/C20H24N2O4S/c1-3-4-12-26-15-7-5-14(6-8-15)21-20(24)22-11-9-17-16(10-13-27-17)18(22)19(23)25-2/h5-8,10,13,18H,3-4,9,11-12H2,1-2H3,(H,21,24). The van der Waals surface area contributed by atoms with E-state index in [1.165, 1.54) is 12.0 Å². The fourth-order valence-electron chi connectivity index (χ4n) is 3.07. The maximum absolute atomic E-state index is 12.8. The molecule has 2 amide bonds. The maximum Gasteiger partial charge on any atom is 0.333 e. The van der Waals surface area contributed by atoms with E-state index in [0.717, 1.165) is 35.5 Å². The van der Waals surface area contributed by atoms with Crippen LogP contribution in [-0.4, -0.2) is 37.2 Å². The van der Waals surface area contributed by atoms with Crippen molar-refractivity contribution in [3.8, 4) is 5.75 Å². The monoisotopic (exact) mass is 388 g/mol. The van der Waals surface area contributed by atoms with Gasteiger partial charge in [0.2, 0.25) is 0 Å². The smallest absolute Gasteiger partial charge is 0.333 e. The molecule has 0 bridgehead atoms. The lowest BCUT2D eigenvalue weighted by atomic mass is 10.0. The molecule has 2 aromatic rings. The van der Waals surface area contributed by atoms with Crippen molar-refractivity contribution in [3.05, 3.63) is 46.2 Å². The zero-order valence-corrected chi connectivity index (χ0v) is 16.4. The number of anilines is 1. The minimum Gasteiger partial charge on any atom is -0.494 e. The van der Waals surface area contributed by atoms with Gasteiger partial charge in [-0.2, -0.15) is 0 Å². The van der Waals surface area contributed by atoms with E-state index in [1.54, 1.807) is 23.5 Å². The third-order valence-electron chi connectivity index (χ3n) is 4.52. The van der Waals surface area contributed by atoms with E-state index in [0.29, 0.717) is 18.8 Å². The molecule has 0 aliphatic carbocycles. The van der Waals surface area contributed by atoms with Crippen LogP contribution in [0.4, 0.5) is 10.5 Å². The lowest BCUT2D eigenvalue weighted by Crippen LogP contribution is -2.45. The van der Waals surface area contributed by atoms with Crippen molar-refractivity contribution in [1.29, 1.82) is 0 Å². The molecule has 1 aliphatic heterocycles. The number of carbonyl (C=O) groups is 2. The number of urea groups is 1. The van der Waals surface area contributed by atoms with Gasteiger partial charge in [0.25, 0.3) is 0 Å². The molecule has 3 rings (SSSR count). The number of hydrogen-bond donors (Lipinski definition) is 1. The van der Waals surface area contributed by atoms with Gasteiger partial charge in [0, 0.05) is 17.1 Å². The summed E-state index contributed by atoms with van der Waals surface area (Å²) in [5.74, 6) is 0.346. The van der Waals surface area contributed by atoms with Crippen molar-refractivity contribution in [1.82, 2.24) is 4.90 Å². The number of fused-ring (bicyclic) bond motifs is 1. The Morgan fingerprint density at radius 2 is 2.04 bits per heavy atom. The molecule has 27 heavy (non-hydrogen) atoms. The van der Waals surface area contributed by atoms with Crippen LogP contribution in [0.25, 0.3) is 0 Å². The van der Waals surface area contributed by atoms with Crippen LogP contribution >= 0.6 is 11.3 Å². The normalized spacial score (nSPS) is 15.8. The predicted octanol–water partition coefficient (Wildman–Crippen LogP) is 4.23. The Balaban J connectivity index is 1.69. The molecule has 0 spiro atoms. The third-order valence-corrected chi connectivity index (χ3v) is 5.52. The van der Waals surface area contributed by atoms with Crippen molar-refractivity contribution >= 4 is 29.0 Å². The first kappa shape index (κ1) is 19.2. The number of methoxy groups -OCH3 is 1. The van der Waals surface area contributed by atoms with Crippen LogP contribution in [0.15, 0.2) is 35.7 Å². The second-order valence-corrected chi connectivity index (χ2v) is 7.33. The molecule has 1 atom stereocenters. The Bertz CT molecular complexity index is 788. The number of unbranched alkanes of at least 4 members (excludes halogenated alkanes) is 1. The second-order valence-electron chi connectivity index (χ2n) is 6.32. The van der Waals surface area contributed by atoms with Gasteiger partial charge in [0.05, 0.1) is 13.7 Å². The van der Waals surface area contributed by atoms with Crippen LogP contribution in [0.3, 0.4) is 0 Å². The van der Waals surface area contributed by atoms with Gasteiger partial charge in [-0.25, -0.2) is 9.59 Å². The van der Waals surface area contributed by atoms with Crippen molar-refractivity contribution in [2.45, 2.75) is 32.2 Å². The summed E-state index contributed by atoms with van der Waals surface area (Å²) in [7, 11) is 1.34. The lowest BCUT2D eigenvalue weighted by molar-refractivity contribution is -0.146. The molecule has 0 saturated heterocycles. The highest BCUT2D eigenvalue weighted by molar-refractivity contribution is 7.10. The van der Waals surface area contributed by atoms with Gasteiger partial charge in [-0.15, -0.1) is 11.3 Å². The fraction of sp³-hybridized carbons (Fsp3) is 0.400. The van der Waals surface area contributed by atoms with Crippen LogP contribution in [-0.2, 0) is 16.0 Å². The molecule has 0 saturated carbocycles. The quantitative estimate of drug-likeness (QED) is 0.594. The van der Waals surface area contributed by atoms with E-state index in [4.69, 9.17) is 9.47 Å². The maximum atomic E-state index is 12.8. The first-order chi connectivity index (χ1) is 13.1. The number of carbonyl (C=O) groups excluding carboxylic acids is 2. The van der Waals surface area contributed by atoms with E-state index < -0.39 is 12.0 Å². The molecule has 144 valence electrons. The largest absolute Gasteiger partial charge is 0.494 e. The first-order valence-corrected chi connectivity index (χ1v) is 9.96. The zero-order valence-electron chi connectivity index (χ0n) is 15.6. The minimum absolute atomic E-state index is 0.318. The van der Waals surface area contributed by atoms with Gasteiger partial charge in [0.1, 0.15) is 5.75 Å². The average molecular weight is 388 g/mol. The summed E-state index contributed by atoms with van der Waals surface area (Å²) in [6, 6.07) is 8.12. The van der Waals surface area contributed by atoms with Gasteiger partial charge in [-0.05, 0) is 54.1 Å². The highest BCUT2D eigenvalue weighted by atomic mass is 32.1. The van der Waals surface area contributed by atoms with E-state index in [-0.39, 0.29) is 6.03 Å². The average Bonchev–Trinajstić information content (AvgIpc) is 3.17. The molecule has 1 aliphatic rings. The number of esters is 1. The molecule has 0 fully saturated rings. The fourth-order valence-corrected chi connectivity index (χ4v) is 3.97. The summed E-state index contributed by atoms with van der Waals surface area (Å²) >= 11 is 1.60. The Kier molecular flexibility index (Phi) is 6.34. The first-order valence-electron chi connectivity index (χ1n) is 9.08. The summed E-state index contributed by atoms with van der Waals surface area (Å²) < 4.78 is 10.6. The number of thiophene rings is 1. The summed E-state index contributed by atoms with van der Waals surface area (Å²) in [5.41, 5.74) is 1.51. The van der Waals surface area contributed by atoms with Crippen LogP contribution in [0.1, 0.15) is 36.2 Å². The molecular formula is C20H24N2O4S. The molecule has 7 heteroatoms. The van der Waals surface area contributed by atoms with Gasteiger partial charge in [-0.1, -0.05) is 13.3 Å². The molecule has 1 aromatic heterocycles. The van der Waals surface area contributed by atoms with Gasteiger partial charge in [-0.3, -0.25) is 0 Å². The number of hydrogen-bond acceptors (Lipinski definition) is 5. The van der Waals surface area contributed by atoms with Crippen LogP contribution in [0.5, 0.6) is 5.75 Å². The molecule has 1 N–H and O–H groups in total. The molecule has 2 heterocycles. The van der Waals surface area contributed by atoms with Crippen LogP contribution < -0.4 is 10.1 Å². The lowest BCUT2D eigenvalue weighted by Gasteiger charge is -2.33. The van der Waals surface area contributed by atoms with Crippen molar-refractivity contribution in [2.75, 3.05) is 25.6 Å². The van der Waals surface area contributed by atoms with Crippen LogP contribution in [0, 0.1) is 0 Å². The Morgan fingerprint density at radius 3 is 2.74 bits per heavy atom. The van der Waals surface area contributed by atoms with Crippen LogP contribution in [0.2, 0.25) is 0 Å². The highest BCUT2D eigenvalue weighted by Crippen LogP contribution is 2.34. The van der Waals surface area contributed by atoms with Crippen molar-refractivity contribution < 1.29 is 19.1 Å². The molecule has 1 unspecified atom stereocenters. The highest BCUT2D eigenvalue weighted by Gasteiger charge is 2.37. The van der Waals surface area contributed by atoms with Gasteiger partial charge >= 0.3 is 12.0 Å². The molecule has 0 radical (unpaired) electrons. The summed E-state index contributed by atoms with van der Waals surface area (Å²) in [5, 5.41) is 4.81. The summed E-state index contributed by atoms with van der Waals surface area (Å²) in [6.07, 6.45) is 2.82. The summed E-state index contributed by atoms with van der Waals surface area (Å²) in [6.45, 7) is 3.26. The van der Waals surface area contributed by atoms with E-state index in [9.17, 15) is 9.59 Å². The Hall–Kier alpha value is -2.54. The minimum atomic E-state index is -0.707. The SMILES string of the molecule is CCCCOc1ccc(NC(=O)N2CCc3sccc3C2C(=O)OC)cc1. The van der Waals surface area contributed by atoms with Gasteiger partial charge < -0.3 is 19.7 Å². The Morgan fingerprint density at radius 1 is 1.26 bits per heavy atom. The zero-order chi connectivity index (χ0) is 19.2. The Labute approximate surface area is 163 Å². The van der Waals surface area contributed by atoms with E-state index in [2.05, 4.69) is 12.2 Å². The van der Waals surface area contributed by atoms with Crippen molar-refractivity contribution in [3.63, 3.8) is 0 Å². The van der Waals surface area contributed by atoms with Crippen molar-refractivity contribution in [2.24, 2.45) is 0 Å². The molecule has 1 aromatic carbocycles. The predicted molar refractivity (Wildman–Crippen MR) is 105 cm³/mol. The summed E-state index contributed by atoms with van der Waals surface area (Å²) in [4.78, 5) is 27.8.